The van der Waals surface area contributed by atoms with Crippen LogP contribution in [0.5, 0.6) is 0 Å². The molecule has 5 heteroatoms. The molecule has 1 fully saturated rings. The molecule has 1 aliphatic rings. The first-order valence-corrected chi connectivity index (χ1v) is 5.68. The quantitative estimate of drug-likeness (QED) is 0.660. The Labute approximate surface area is 95.9 Å². The first kappa shape index (κ1) is 13.0. The molecule has 0 unspecified atom stereocenters. The molecule has 5 nitrogen and oxygen atoms in total. The van der Waals surface area contributed by atoms with Crippen molar-refractivity contribution in [3.8, 4) is 0 Å². The standard InChI is InChI=1S/C11H20N2O3/c1-12-8-5-9(14)13-11(10(15)16-2)6-3-4-7-11/h12H,3-8H2,1-2H3,(H,13,14). The van der Waals surface area contributed by atoms with Gasteiger partial charge >= 0.3 is 5.97 Å². The Bertz CT molecular complexity index is 260. The second-order valence-electron chi connectivity index (χ2n) is 4.18. The van der Waals surface area contributed by atoms with Gasteiger partial charge < -0.3 is 15.4 Å². The van der Waals surface area contributed by atoms with E-state index >= 15 is 0 Å². The third kappa shape index (κ3) is 2.95. The molecule has 0 aromatic heterocycles. The first-order valence-electron chi connectivity index (χ1n) is 5.68. The van der Waals surface area contributed by atoms with Gasteiger partial charge in [0.2, 0.25) is 5.91 Å². The van der Waals surface area contributed by atoms with Crippen LogP contribution in [0.3, 0.4) is 0 Å². The highest BCUT2D eigenvalue weighted by Crippen LogP contribution is 2.30. The van der Waals surface area contributed by atoms with Gasteiger partial charge in [-0.15, -0.1) is 0 Å². The maximum atomic E-state index is 11.7. The highest BCUT2D eigenvalue weighted by Gasteiger charge is 2.43. The van der Waals surface area contributed by atoms with Crippen molar-refractivity contribution >= 4 is 11.9 Å². The zero-order valence-electron chi connectivity index (χ0n) is 9.97. The highest BCUT2D eigenvalue weighted by atomic mass is 16.5. The van der Waals surface area contributed by atoms with Gasteiger partial charge in [0.1, 0.15) is 5.54 Å². The van der Waals surface area contributed by atoms with Crippen LogP contribution in [0.1, 0.15) is 32.1 Å². The lowest BCUT2D eigenvalue weighted by Gasteiger charge is -2.27. The minimum atomic E-state index is -0.764. The van der Waals surface area contributed by atoms with Gasteiger partial charge in [0.25, 0.3) is 0 Å². The zero-order valence-corrected chi connectivity index (χ0v) is 9.97. The number of nitrogens with one attached hydrogen (secondary N) is 2. The van der Waals surface area contributed by atoms with Crippen molar-refractivity contribution in [3.05, 3.63) is 0 Å². The fraction of sp³-hybridized carbons (Fsp3) is 0.818. The Morgan fingerprint density at radius 2 is 1.94 bits per heavy atom. The lowest BCUT2D eigenvalue weighted by atomic mass is 9.97. The zero-order chi connectivity index (χ0) is 12.0. The molecule has 1 saturated carbocycles. The van der Waals surface area contributed by atoms with E-state index in [1.165, 1.54) is 7.11 Å². The predicted molar refractivity (Wildman–Crippen MR) is 59.9 cm³/mol. The van der Waals surface area contributed by atoms with Gasteiger partial charge in [-0.25, -0.2) is 4.79 Å². The molecule has 0 saturated heterocycles. The summed E-state index contributed by atoms with van der Waals surface area (Å²) in [6.45, 7) is 0.614. The van der Waals surface area contributed by atoms with Crippen molar-refractivity contribution in [2.45, 2.75) is 37.6 Å². The summed E-state index contributed by atoms with van der Waals surface area (Å²) in [5, 5.41) is 5.73. The summed E-state index contributed by atoms with van der Waals surface area (Å²) in [7, 11) is 3.15. The van der Waals surface area contributed by atoms with E-state index in [0.717, 1.165) is 12.8 Å². The second kappa shape index (κ2) is 5.84. The van der Waals surface area contributed by atoms with Crippen LogP contribution >= 0.6 is 0 Å². The monoisotopic (exact) mass is 228 g/mol. The fourth-order valence-electron chi connectivity index (χ4n) is 2.12. The van der Waals surface area contributed by atoms with Crippen LogP contribution in [-0.4, -0.2) is 38.1 Å². The smallest absolute Gasteiger partial charge is 0.331 e. The van der Waals surface area contributed by atoms with Crippen molar-refractivity contribution in [1.82, 2.24) is 10.6 Å². The molecule has 1 rings (SSSR count). The molecule has 0 heterocycles. The van der Waals surface area contributed by atoms with E-state index in [1.807, 2.05) is 0 Å². The van der Waals surface area contributed by atoms with Gasteiger partial charge in [-0.2, -0.15) is 0 Å². The molecule has 16 heavy (non-hydrogen) atoms. The van der Waals surface area contributed by atoms with Gasteiger partial charge in [-0.1, -0.05) is 12.8 Å². The first-order chi connectivity index (χ1) is 7.64. The molecular weight excluding hydrogens is 208 g/mol. The minimum Gasteiger partial charge on any atom is -0.467 e. The van der Waals surface area contributed by atoms with Gasteiger partial charge in [0.05, 0.1) is 7.11 Å². The molecule has 2 N–H and O–H groups in total. The van der Waals surface area contributed by atoms with Gasteiger partial charge in [-0.05, 0) is 19.9 Å². The van der Waals surface area contributed by atoms with Gasteiger partial charge in [0.15, 0.2) is 0 Å². The van der Waals surface area contributed by atoms with Gasteiger partial charge in [0, 0.05) is 13.0 Å². The summed E-state index contributed by atoms with van der Waals surface area (Å²) in [4.78, 5) is 23.3. The summed E-state index contributed by atoms with van der Waals surface area (Å²) in [5.41, 5.74) is -0.764. The Balaban J connectivity index is 2.57. The largest absolute Gasteiger partial charge is 0.467 e. The van der Waals surface area contributed by atoms with Crippen LogP contribution in [0.4, 0.5) is 0 Å². The normalized spacial score (nSPS) is 18.1. The summed E-state index contributed by atoms with van der Waals surface area (Å²) < 4.78 is 4.77. The number of ether oxygens (including phenoxy) is 1. The maximum absolute atomic E-state index is 11.7. The Hall–Kier alpha value is -1.10. The van der Waals surface area contributed by atoms with E-state index in [1.54, 1.807) is 7.05 Å². The molecule has 1 amide bonds. The average molecular weight is 228 g/mol. The number of esters is 1. The highest BCUT2D eigenvalue weighted by molar-refractivity contribution is 5.88. The Kier molecular flexibility index (Phi) is 4.73. The van der Waals surface area contributed by atoms with Crippen molar-refractivity contribution in [2.24, 2.45) is 0 Å². The van der Waals surface area contributed by atoms with Crippen molar-refractivity contribution < 1.29 is 14.3 Å². The molecule has 92 valence electrons. The molecule has 0 aromatic carbocycles. The molecule has 0 radical (unpaired) electrons. The molecule has 0 bridgehead atoms. The van der Waals surface area contributed by atoms with Crippen molar-refractivity contribution in [3.63, 3.8) is 0 Å². The third-order valence-corrected chi connectivity index (χ3v) is 3.01. The minimum absolute atomic E-state index is 0.0957. The number of methoxy groups -OCH3 is 1. The average Bonchev–Trinajstić information content (AvgIpc) is 2.75. The van der Waals surface area contributed by atoms with Crippen molar-refractivity contribution in [2.75, 3.05) is 20.7 Å². The summed E-state index contributed by atoms with van der Waals surface area (Å²) in [5.74, 6) is -0.413. The SMILES string of the molecule is CNCCC(=O)NC1(C(=O)OC)CCCC1. The van der Waals surface area contributed by atoms with E-state index < -0.39 is 5.54 Å². The lowest BCUT2D eigenvalue weighted by molar-refractivity contribution is -0.150. The summed E-state index contributed by atoms with van der Waals surface area (Å²) in [6, 6.07) is 0. The number of rotatable bonds is 5. The van der Waals surface area contributed by atoms with E-state index in [9.17, 15) is 9.59 Å². The number of carbonyl (C=O) groups is 2. The molecule has 0 aliphatic heterocycles. The summed E-state index contributed by atoms with van der Waals surface area (Å²) in [6.07, 6.45) is 3.67. The second-order valence-corrected chi connectivity index (χ2v) is 4.18. The van der Waals surface area contributed by atoms with Crippen molar-refractivity contribution in [1.29, 1.82) is 0 Å². The maximum Gasteiger partial charge on any atom is 0.331 e. The number of amides is 1. The van der Waals surface area contributed by atoms with Crippen LogP contribution in [0.25, 0.3) is 0 Å². The number of hydrogen-bond donors (Lipinski definition) is 2. The molecule has 0 atom stereocenters. The fourth-order valence-corrected chi connectivity index (χ4v) is 2.12. The summed E-state index contributed by atoms with van der Waals surface area (Å²) >= 11 is 0. The van der Waals surface area contributed by atoms with Crippen LogP contribution in [0, 0.1) is 0 Å². The molecule has 1 aliphatic carbocycles. The van der Waals surface area contributed by atoms with Crippen LogP contribution in [-0.2, 0) is 14.3 Å². The Morgan fingerprint density at radius 1 is 1.31 bits per heavy atom. The molecule has 0 aromatic rings. The molecular formula is C11H20N2O3. The predicted octanol–water partition coefficient (Wildman–Crippen LogP) is 0.198. The Morgan fingerprint density at radius 3 is 2.44 bits per heavy atom. The lowest BCUT2D eigenvalue weighted by Crippen LogP contribution is -2.53. The molecule has 0 spiro atoms. The van der Waals surface area contributed by atoms with E-state index in [4.69, 9.17) is 4.74 Å². The topological polar surface area (TPSA) is 67.4 Å². The number of hydrogen-bond acceptors (Lipinski definition) is 4. The third-order valence-electron chi connectivity index (χ3n) is 3.01. The van der Waals surface area contributed by atoms with E-state index in [2.05, 4.69) is 10.6 Å². The van der Waals surface area contributed by atoms with Crippen LogP contribution in [0.2, 0.25) is 0 Å². The van der Waals surface area contributed by atoms with Crippen LogP contribution < -0.4 is 10.6 Å². The van der Waals surface area contributed by atoms with E-state index in [0.29, 0.717) is 25.8 Å². The number of carbonyl (C=O) groups excluding carboxylic acids is 2. The van der Waals surface area contributed by atoms with E-state index in [-0.39, 0.29) is 11.9 Å². The van der Waals surface area contributed by atoms with Crippen LogP contribution in [0.15, 0.2) is 0 Å². The van der Waals surface area contributed by atoms with Gasteiger partial charge in [-0.3, -0.25) is 4.79 Å².